The Morgan fingerprint density at radius 3 is 2.21 bits per heavy atom. The van der Waals surface area contributed by atoms with Crippen molar-refractivity contribution in [2.45, 2.75) is 13.0 Å². The molecule has 0 spiro atoms. The maximum Gasteiger partial charge on any atom is 0.335 e. The molecule has 1 atom stereocenters. The van der Waals surface area contributed by atoms with E-state index in [1.54, 1.807) is 50.6 Å². The number of anilines is 5. The van der Waals surface area contributed by atoms with Gasteiger partial charge in [-0.2, -0.15) is 0 Å². The fourth-order valence-corrected chi connectivity index (χ4v) is 3.85. The standard InChI is InChI=1S/C23H21FN4O2.C2H6O/c1-14-13-27(18-6-2-15(3-7-18)23(29)30)21-11-20(26)16(12-25)10-22(21)28(14)19-8-4-17(24)5-9-19;1-3-2/h2-12,14,25H,13,26H2,1H3,(H,29,30);1-2H3. The number of hydrogen-bond donors (Lipinski definition) is 3. The van der Waals surface area contributed by atoms with Gasteiger partial charge in [0.2, 0.25) is 0 Å². The van der Waals surface area contributed by atoms with Gasteiger partial charge in [0.1, 0.15) is 5.82 Å². The lowest BCUT2D eigenvalue weighted by Crippen LogP contribution is -2.43. The van der Waals surface area contributed by atoms with E-state index in [-0.39, 0.29) is 17.4 Å². The van der Waals surface area contributed by atoms with Crippen LogP contribution >= 0.6 is 0 Å². The molecule has 1 heterocycles. The Hall–Kier alpha value is -3.91. The molecule has 1 aliphatic heterocycles. The number of carboxylic acids is 1. The second-order valence-corrected chi connectivity index (χ2v) is 7.68. The van der Waals surface area contributed by atoms with Gasteiger partial charge in [-0.25, -0.2) is 9.18 Å². The molecule has 1 unspecified atom stereocenters. The Labute approximate surface area is 192 Å². The number of nitrogens with one attached hydrogen (secondary N) is 1. The number of nitrogens with two attached hydrogens (primary N) is 1. The fourth-order valence-electron chi connectivity index (χ4n) is 3.85. The minimum absolute atomic E-state index is 0.0179. The molecule has 0 radical (unpaired) electrons. The first-order valence-corrected chi connectivity index (χ1v) is 10.3. The molecule has 172 valence electrons. The largest absolute Gasteiger partial charge is 0.478 e. The van der Waals surface area contributed by atoms with Crippen LogP contribution in [0.15, 0.2) is 60.7 Å². The van der Waals surface area contributed by atoms with Crippen molar-refractivity contribution in [3.8, 4) is 0 Å². The summed E-state index contributed by atoms with van der Waals surface area (Å²) in [5, 5.41) is 16.9. The summed E-state index contributed by atoms with van der Waals surface area (Å²) in [4.78, 5) is 15.4. The molecule has 3 aromatic rings. The summed E-state index contributed by atoms with van der Waals surface area (Å²) in [7, 11) is 3.25. The van der Waals surface area contributed by atoms with E-state index in [4.69, 9.17) is 11.1 Å². The van der Waals surface area contributed by atoms with Crippen LogP contribution in [-0.2, 0) is 4.74 Å². The summed E-state index contributed by atoms with van der Waals surface area (Å²) in [6, 6.07) is 16.7. The second kappa shape index (κ2) is 10.1. The molecule has 0 aliphatic carbocycles. The third-order valence-corrected chi connectivity index (χ3v) is 5.30. The van der Waals surface area contributed by atoms with Crippen molar-refractivity contribution >= 4 is 40.6 Å². The summed E-state index contributed by atoms with van der Waals surface area (Å²) < 4.78 is 17.7. The molecule has 1 aliphatic rings. The van der Waals surface area contributed by atoms with Gasteiger partial charge >= 0.3 is 5.97 Å². The highest BCUT2D eigenvalue weighted by atomic mass is 19.1. The van der Waals surface area contributed by atoms with Gasteiger partial charge in [0.15, 0.2) is 0 Å². The molecule has 4 N–H and O–H groups in total. The van der Waals surface area contributed by atoms with Crippen molar-refractivity contribution in [2.24, 2.45) is 0 Å². The first-order valence-electron chi connectivity index (χ1n) is 10.3. The number of nitrogens with zero attached hydrogens (tertiary/aromatic N) is 2. The smallest absolute Gasteiger partial charge is 0.335 e. The van der Waals surface area contributed by atoms with Crippen LogP contribution in [0.25, 0.3) is 0 Å². The number of benzene rings is 3. The number of aromatic carboxylic acids is 1. The van der Waals surface area contributed by atoms with Crippen LogP contribution in [0.3, 0.4) is 0 Å². The van der Waals surface area contributed by atoms with Crippen LogP contribution in [0.5, 0.6) is 0 Å². The Morgan fingerprint density at radius 1 is 1.09 bits per heavy atom. The minimum atomic E-state index is -0.976. The van der Waals surface area contributed by atoms with Gasteiger partial charge in [-0.15, -0.1) is 0 Å². The van der Waals surface area contributed by atoms with Crippen molar-refractivity contribution < 1.29 is 19.0 Å². The molecular formula is C25H27FN4O3. The fraction of sp³-hybridized carbons (Fsp3) is 0.200. The Bertz CT molecular complexity index is 1130. The molecule has 0 bridgehead atoms. The van der Waals surface area contributed by atoms with Crippen LogP contribution in [0.1, 0.15) is 22.8 Å². The SMILES string of the molecule is CC1CN(c2ccc(C(=O)O)cc2)c2cc(N)c(C=N)cc2N1c1ccc(F)cc1.COC. The molecule has 0 fully saturated rings. The zero-order valence-electron chi connectivity index (χ0n) is 18.7. The highest BCUT2D eigenvalue weighted by Gasteiger charge is 2.31. The summed E-state index contributed by atoms with van der Waals surface area (Å²) in [5.74, 6) is -1.28. The number of carbonyl (C=O) groups is 1. The maximum absolute atomic E-state index is 13.5. The van der Waals surface area contributed by atoms with Gasteiger partial charge in [0, 0.05) is 55.6 Å². The van der Waals surface area contributed by atoms with E-state index in [9.17, 15) is 14.3 Å². The van der Waals surface area contributed by atoms with Gasteiger partial charge in [0.05, 0.1) is 16.9 Å². The molecule has 8 heteroatoms. The van der Waals surface area contributed by atoms with Crippen molar-refractivity contribution in [2.75, 3.05) is 36.3 Å². The summed E-state index contributed by atoms with van der Waals surface area (Å²) in [5.41, 5.74) is 10.8. The molecule has 0 aromatic heterocycles. The lowest BCUT2D eigenvalue weighted by molar-refractivity contribution is 0.0697. The number of halogens is 1. The molecule has 0 saturated heterocycles. The molecule has 3 aromatic carbocycles. The average Bonchev–Trinajstić information content (AvgIpc) is 2.80. The normalized spacial score (nSPS) is 14.7. The van der Waals surface area contributed by atoms with Crippen molar-refractivity contribution in [3.63, 3.8) is 0 Å². The van der Waals surface area contributed by atoms with E-state index in [0.29, 0.717) is 17.8 Å². The van der Waals surface area contributed by atoms with E-state index >= 15 is 0 Å². The molecule has 4 rings (SSSR count). The molecule has 0 saturated carbocycles. The maximum atomic E-state index is 13.5. The van der Waals surface area contributed by atoms with Crippen LogP contribution in [0.2, 0.25) is 0 Å². The van der Waals surface area contributed by atoms with E-state index in [1.807, 2.05) is 12.1 Å². The molecule has 0 amide bonds. The predicted molar refractivity (Wildman–Crippen MR) is 130 cm³/mol. The molecular weight excluding hydrogens is 423 g/mol. The first kappa shape index (κ1) is 23.7. The average molecular weight is 451 g/mol. The summed E-state index contributed by atoms with van der Waals surface area (Å²) >= 11 is 0. The van der Waals surface area contributed by atoms with E-state index < -0.39 is 5.97 Å². The van der Waals surface area contributed by atoms with Crippen LogP contribution in [0, 0.1) is 11.2 Å². The van der Waals surface area contributed by atoms with Gasteiger partial charge in [-0.1, -0.05) is 0 Å². The topological polar surface area (TPSA) is 103 Å². The van der Waals surface area contributed by atoms with E-state index in [2.05, 4.69) is 21.5 Å². The first-order chi connectivity index (χ1) is 15.8. The number of methoxy groups -OCH3 is 1. The third-order valence-electron chi connectivity index (χ3n) is 5.30. The summed E-state index contributed by atoms with van der Waals surface area (Å²) in [6.45, 7) is 2.67. The Balaban J connectivity index is 0.000000968. The van der Waals surface area contributed by atoms with Gasteiger partial charge in [-0.3, -0.25) is 0 Å². The zero-order valence-corrected chi connectivity index (χ0v) is 18.7. The predicted octanol–water partition coefficient (Wildman–Crippen LogP) is 5.04. The van der Waals surface area contributed by atoms with Crippen molar-refractivity contribution in [1.82, 2.24) is 0 Å². The zero-order chi connectivity index (χ0) is 24.1. The number of fused-ring (bicyclic) bond motifs is 1. The van der Waals surface area contributed by atoms with E-state index in [1.165, 1.54) is 18.3 Å². The number of carboxylic acid groups (broad SMARTS) is 1. The van der Waals surface area contributed by atoms with Crippen molar-refractivity contribution in [1.29, 1.82) is 5.41 Å². The van der Waals surface area contributed by atoms with Crippen LogP contribution in [0.4, 0.5) is 32.8 Å². The molecule has 33 heavy (non-hydrogen) atoms. The Kier molecular flexibility index (Phi) is 7.30. The lowest BCUT2D eigenvalue weighted by Gasteiger charge is -2.43. The van der Waals surface area contributed by atoms with Crippen LogP contribution in [-0.4, -0.2) is 44.1 Å². The summed E-state index contributed by atoms with van der Waals surface area (Å²) in [6.07, 6.45) is 1.21. The van der Waals surface area contributed by atoms with Gasteiger partial charge < -0.3 is 30.8 Å². The lowest BCUT2D eigenvalue weighted by atomic mass is 10.0. The Morgan fingerprint density at radius 2 is 1.67 bits per heavy atom. The van der Waals surface area contributed by atoms with Crippen molar-refractivity contribution in [3.05, 3.63) is 77.6 Å². The van der Waals surface area contributed by atoms with Gasteiger partial charge in [0.25, 0.3) is 0 Å². The third kappa shape index (κ3) is 4.96. The second-order valence-electron chi connectivity index (χ2n) is 7.68. The number of nitrogen functional groups attached to an aromatic ring is 1. The number of ether oxygens (including phenoxy) is 1. The van der Waals surface area contributed by atoms with Gasteiger partial charge in [-0.05, 0) is 67.6 Å². The van der Waals surface area contributed by atoms with Crippen LogP contribution < -0.4 is 15.5 Å². The number of rotatable bonds is 4. The quantitative estimate of drug-likeness (QED) is 0.380. The van der Waals surface area contributed by atoms with E-state index in [0.717, 1.165) is 22.7 Å². The molecule has 7 nitrogen and oxygen atoms in total. The minimum Gasteiger partial charge on any atom is -0.478 e. The monoisotopic (exact) mass is 450 g/mol. The number of hydrogen-bond acceptors (Lipinski definition) is 6. The highest BCUT2D eigenvalue weighted by molar-refractivity contribution is 5.95. The highest BCUT2D eigenvalue weighted by Crippen LogP contribution is 2.45.